The normalized spacial score (nSPS) is 12.5. The summed E-state index contributed by atoms with van der Waals surface area (Å²) in [6, 6.07) is 33.8. The van der Waals surface area contributed by atoms with Gasteiger partial charge in [-0.25, -0.2) is 4.79 Å². The summed E-state index contributed by atoms with van der Waals surface area (Å²) in [6.07, 6.45) is -0.578. The van der Waals surface area contributed by atoms with Gasteiger partial charge < -0.3 is 19.9 Å². The minimum absolute atomic E-state index is 0.0431. The van der Waals surface area contributed by atoms with Gasteiger partial charge in [0, 0.05) is 17.0 Å². The average molecular weight is 585 g/mol. The second-order valence-corrected chi connectivity index (χ2v) is 12.0. The molecule has 0 aliphatic heterocycles. The smallest absolute Gasteiger partial charge is 0.408 e. The maximum Gasteiger partial charge on any atom is 0.408 e. The predicted molar refractivity (Wildman–Crippen MR) is 162 cm³/mol. The van der Waals surface area contributed by atoms with Crippen molar-refractivity contribution in [3.63, 3.8) is 0 Å². The van der Waals surface area contributed by atoms with Gasteiger partial charge in [-0.1, -0.05) is 97.1 Å². The van der Waals surface area contributed by atoms with Gasteiger partial charge in [-0.2, -0.15) is 0 Å². The third-order valence-corrected chi connectivity index (χ3v) is 8.98. The molecule has 4 aromatic carbocycles. The van der Waals surface area contributed by atoms with Crippen LogP contribution in [0.1, 0.15) is 18.1 Å². The van der Waals surface area contributed by atoms with Crippen molar-refractivity contribution in [1.29, 1.82) is 0 Å². The molecule has 0 saturated heterocycles. The molecule has 0 heterocycles. The Labute approximate surface area is 245 Å². The summed E-state index contributed by atoms with van der Waals surface area (Å²) in [5.41, 5.74) is 1.62. The summed E-state index contributed by atoms with van der Waals surface area (Å²) >= 11 is 0. The van der Waals surface area contributed by atoms with Crippen LogP contribution < -0.4 is 21.2 Å². The van der Waals surface area contributed by atoms with Crippen molar-refractivity contribution in [3.8, 4) is 0 Å². The molecule has 2 N–H and O–H groups in total. The van der Waals surface area contributed by atoms with E-state index in [-0.39, 0.29) is 13.0 Å². The van der Waals surface area contributed by atoms with Crippen LogP contribution in [0.5, 0.6) is 0 Å². The molecule has 0 bridgehead atoms. The van der Waals surface area contributed by atoms with Gasteiger partial charge in [0.2, 0.25) is 5.91 Å². The number of carbonyl (C=O) groups excluding carboxylic acids is 3. The molecule has 42 heavy (non-hydrogen) atoms. The van der Waals surface area contributed by atoms with E-state index in [2.05, 4.69) is 10.6 Å². The van der Waals surface area contributed by atoms with Crippen LogP contribution in [0.15, 0.2) is 121 Å². The van der Waals surface area contributed by atoms with E-state index < -0.39 is 43.8 Å². The highest BCUT2D eigenvalue weighted by Gasteiger charge is 2.31. The first-order valence-electron chi connectivity index (χ1n) is 13.5. The Morgan fingerprint density at radius 3 is 1.69 bits per heavy atom. The molecular weight excluding hydrogens is 551 g/mol. The number of Topliss-reactive ketones (excluding diaryl/α,β-unsaturated/α-hetero) is 1. The number of nitrogens with one attached hydrogen (secondary N) is 2. The Balaban J connectivity index is 1.41. The molecule has 216 valence electrons. The summed E-state index contributed by atoms with van der Waals surface area (Å²) < 4.78 is 25.2. The Hall–Kier alpha value is -4.52. The van der Waals surface area contributed by atoms with Gasteiger partial charge in [-0.05, 0) is 42.3 Å². The van der Waals surface area contributed by atoms with Crippen molar-refractivity contribution in [2.24, 2.45) is 0 Å². The van der Waals surface area contributed by atoms with E-state index in [9.17, 15) is 18.9 Å². The van der Waals surface area contributed by atoms with E-state index in [1.807, 2.05) is 60.7 Å². The summed E-state index contributed by atoms with van der Waals surface area (Å²) in [5, 5.41) is 6.21. The molecule has 8 nitrogen and oxygen atoms in total. The van der Waals surface area contributed by atoms with Crippen LogP contribution in [0.2, 0.25) is 0 Å². The van der Waals surface area contributed by atoms with E-state index in [0.29, 0.717) is 10.6 Å². The summed E-state index contributed by atoms with van der Waals surface area (Å²) in [7, 11) is -3.58. The number of alkyl carbamates (subject to hydrolysis) is 1. The average Bonchev–Trinajstić information content (AvgIpc) is 3.04. The zero-order valence-corrected chi connectivity index (χ0v) is 24.1. The molecule has 4 aromatic rings. The maximum absolute atomic E-state index is 14.0. The number of ether oxygens (including phenoxy) is 1. The largest absolute Gasteiger partial charge is 0.445 e. The Morgan fingerprint density at radius 1 is 0.690 bits per heavy atom. The van der Waals surface area contributed by atoms with Crippen LogP contribution >= 0.6 is 7.37 Å². The van der Waals surface area contributed by atoms with Crippen LogP contribution in [0.25, 0.3) is 0 Å². The number of hydrogen-bond donors (Lipinski definition) is 2. The highest BCUT2D eigenvalue weighted by Crippen LogP contribution is 2.44. The van der Waals surface area contributed by atoms with Gasteiger partial charge >= 0.3 is 6.09 Å². The second kappa shape index (κ2) is 14.9. The third-order valence-electron chi connectivity index (χ3n) is 6.53. The number of ketones is 1. The van der Waals surface area contributed by atoms with Gasteiger partial charge in [-0.15, -0.1) is 0 Å². The van der Waals surface area contributed by atoms with Crippen LogP contribution in [0.4, 0.5) is 4.79 Å². The molecule has 0 aromatic heterocycles. The minimum atomic E-state index is -3.58. The van der Waals surface area contributed by atoms with Crippen molar-refractivity contribution in [1.82, 2.24) is 10.6 Å². The summed E-state index contributed by atoms with van der Waals surface area (Å²) in [5.74, 6) is -1.04. The minimum Gasteiger partial charge on any atom is -0.445 e. The van der Waals surface area contributed by atoms with E-state index in [1.54, 1.807) is 60.7 Å². The van der Waals surface area contributed by atoms with Crippen LogP contribution in [-0.4, -0.2) is 36.5 Å². The highest BCUT2D eigenvalue weighted by atomic mass is 31.2. The summed E-state index contributed by atoms with van der Waals surface area (Å²) in [6.45, 7) is 1.08. The Morgan fingerprint density at radius 2 is 1.17 bits per heavy atom. The number of amides is 2. The lowest BCUT2D eigenvalue weighted by molar-refractivity contribution is -0.129. The second-order valence-electron chi connectivity index (χ2n) is 9.64. The molecule has 4 rings (SSSR count). The first kappa shape index (κ1) is 30.4. The Kier molecular flexibility index (Phi) is 10.8. The van der Waals surface area contributed by atoms with Gasteiger partial charge in [0.15, 0.2) is 5.78 Å². The monoisotopic (exact) mass is 584 g/mol. The topological polar surface area (TPSA) is 111 Å². The Bertz CT molecular complexity index is 1460. The quantitative estimate of drug-likeness (QED) is 0.223. The molecule has 2 amide bonds. The van der Waals surface area contributed by atoms with Crippen molar-refractivity contribution >= 4 is 35.8 Å². The van der Waals surface area contributed by atoms with Gasteiger partial charge in [-0.3, -0.25) is 14.2 Å². The highest BCUT2D eigenvalue weighted by molar-refractivity contribution is 7.74. The van der Waals surface area contributed by atoms with Crippen molar-refractivity contribution in [2.45, 2.75) is 32.0 Å². The lowest BCUT2D eigenvalue weighted by Gasteiger charge is -2.22. The van der Waals surface area contributed by atoms with E-state index in [0.717, 1.165) is 11.1 Å². The van der Waals surface area contributed by atoms with Gasteiger partial charge in [0.05, 0.1) is 6.04 Å². The molecule has 0 saturated carbocycles. The molecule has 0 unspecified atom stereocenters. The number of rotatable bonds is 13. The fraction of sp³-hybridized carbons (Fsp3) is 0.182. The van der Waals surface area contributed by atoms with Gasteiger partial charge in [0.25, 0.3) is 7.37 Å². The lowest BCUT2D eigenvalue weighted by Crippen LogP contribution is -2.52. The fourth-order valence-electron chi connectivity index (χ4n) is 4.19. The molecule has 0 spiro atoms. The van der Waals surface area contributed by atoms with E-state index in [1.165, 1.54) is 6.92 Å². The number of hydrogen-bond acceptors (Lipinski definition) is 6. The molecule has 0 fully saturated rings. The molecule has 0 aliphatic rings. The number of carbonyl (C=O) groups is 3. The maximum atomic E-state index is 14.0. The first-order valence-corrected chi connectivity index (χ1v) is 15.2. The fourth-order valence-corrected chi connectivity index (χ4v) is 6.22. The van der Waals surface area contributed by atoms with E-state index in [4.69, 9.17) is 9.26 Å². The molecule has 2 atom stereocenters. The predicted octanol–water partition coefficient (Wildman–Crippen LogP) is 4.54. The standard InChI is InChI=1S/C33H33N2O6P/c1-25(31(36)24-41-42(39,28-18-10-4-11-19-28)29-20-12-5-13-21-29)34-32(37)30(22-26-14-6-2-7-15-26)35-33(38)40-23-27-16-8-3-9-17-27/h2-21,25,30H,22-24H2,1H3,(H,34,37)(H,35,38)/t25-,30-/m0/s1. The first-order chi connectivity index (χ1) is 20.3. The molecular formula is C33H33N2O6P. The van der Waals surface area contributed by atoms with E-state index >= 15 is 0 Å². The molecule has 9 heteroatoms. The summed E-state index contributed by atoms with van der Waals surface area (Å²) in [4.78, 5) is 39.0. The van der Waals surface area contributed by atoms with Crippen LogP contribution in [0.3, 0.4) is 0 Å². The zero-order valence-electron chi connectivity index (χ0n) is 23.2. The molecule has 0 aliphatic carbocycles. The van der Waals surface area contributed by atoms with Crippen molar-refractivity contribution in [2.75, 3.05) is 6.61 Å². The van der Waals surface area contributed by atoms with Gasteiger partial charge in [0.1, 0.15) is 19.3 Å². The van der Waals surface area contributed by atoms with Crippen LogP contribution in [-0.2, 0) is 36.4 Å². The van der Waals surface area contributed by atoms with Crippen LogP contribution in [0, 0.1) is 0 Å². The lowest BCUT2D eigenvalue weighted by atomic mass is 10.0. The number of benzene rings is 4. The van der Waals surface area contributed by atoms with Crippen molar-refractivity contribution < 1.29 is 28.2 Å². The SMILES string of the molecule is C[C@H](NC(=O)[C@H](Cc1ccccc1)NC(=O)OCc1ccccc1)C(=O)COP(=O)(c1ccccc1)c1ccccc1. The molecule has 0 radical (unpaired) electrons. The van der Waals surface area contributed by atoms with Crippen molar-refractivity contribution in [3.05, 3.63) is 132 Å². The third kappa shape index (κ3) is 8.49. The zero-order chi connectivity index (χ0) is 29.8.